The van der Waals surface area contributed by atoms with Crippen LogP contribution in [0.2, 0.25) is 0 Å². The largest absolute Gasteiger partial charge is 0.361 e. The van der Waals surface area contributed by atoms with Gasteiger partial charge in [0.05, 0.1) is 22.0 Å². The second kappa shape index (κ2) is 6.59. The van der Waals surface area contributed by atoms with Crippen LogP contribution < -0.4 is 5.32 Å². The third kappa shape index (κ3) is 2.91. The predicted octanol–water partition coefficient (Wildman–Crippen LogP) is 1.95. The normalized spacial score (nSPS) is 14.4. The molecule has 0 spiro atoms. The molecule has 1 N–H and O–H groups in total. The SMILES string of the molecule is Cc1noc(C)c1CCNC(=O)c1nn(C)c2c1CS(=O)(=O)c1ccccc1-2. The average molecular weight is 400 g/mol. The van der Waals surface area contributed by atoms with Crippen LogP contribution in [0.1, 0.15) is 33.1 Å². The molecule has 0 bridgehead atoms. The highest BCUT2D eigenvalue weighted by Gasteiger charge is 2.34. The Morgan fingerprint density at radius 3 is 2.75 bits per heavy atom. The van der Waals surface area contributed by atoms with E-state index >= 15 is 0 Å². The molecule has 8 nitrogen and oxygen atoms in total. The van der Waals surface area contributed by atoms with Crippen LogP contribution in [0.5, 0.6) is 0 Å². The van der Waals surface area contributed by atoms with Gasteiger partial charge < -0.3 is 9.84 Å². The van der Waals surface area contributed by atoms with E-state index in [1.165, 1.54) is 0 Å². The summed E-state index contributed by atoms with van der Waals surface area (Å²) in [6, 6.07) is 6.80. The maximum atomic E-state index is 12.7. The minimum atomic E-state index is -3.52. The number of nitrogens with one attached hydrogen (secondary N) is 1. The molecule has 3 aromatic rings. The van der Waals surface area contributed by atoms with Gasteiger partial charge in [-0.15, -0.1) is 0 Å². The molecule has 146 valence electrons. The van der Waals surface area contributed by atoms with E-state index in [4.69, 9.17) is 4.52 Å². The Kier molecular flexibility index (Phi) is 4.34. The van der Waals surface area contributed by atoms with E-state index in [9.17, 15) is 13.2 Å². The number of sulfone groups is 1. The Morgan fingerprint density at radius 2 is 2.04 bits per heavy atom. The third-order valence-electron chi connectivity index (χ3n) is 5.01. The summed E-state index contributed by atoms with van der Waals surface area (Å²) in [6.45, 7) is 4.05. The Balaban J connectivity index is 1.62. The summed E-state index contributed by atoms with van der Waals surface area (Å²) in [5.74, 6) is 0.0997. The molecular weight excluding hydrogens is 380 g/mol. The smallest absolute Gasteiger partial charge is 0.272 e. The number of amides is 1. The van der Waals surface area contributed by atoms with E-state index in [2.05, 4.69) is 15.6 Å². The minimum absolute atomic E-state index is 0.148. The number of benzene rings is 1. The average Bonchev–Trinajstić information content (AvgIpc) is 3.14. The molecule has 2 aromatic heterocycles. The van der Waals surface area contributed by atoms with Gasteiger partial charge in [-0.2, -0.15) is 5.10 Å². The van der Waals surface area contributed by atoms with E-state index in [1.807, 2.05) is 13.8 Å². The van der Waals surface area contributed by atoms with Crippen LogP contribution in [0.15, 0.2) is 33.7 Å². The molecule has 3 heterocycles. The first kappa shape index (κ1) is 18.4. The number of carbonyl (C=O) groups excluding carboxylic acids is 1. The molecule has 0 atom stereocenters. The van der Waals surface area contributed by atoms with Crippen LogP contribution in [-0.2, 0) is 29.1 Å². The highest BCUT2D eigenvalue weighted by atomic mass is 32.2. The van der Waals surface area contributed by atoms with Crippen molar-refractivity contribution in [3.8, 4) is 11.3 Å². The summed E-state index contributed by atoms with van der Waals surface area (Å²) in [4.78, 5) is 13.0. The fraction of sp³-hybridized carbons (Fsp3) is 0.316. The summed E-state index contributed by atoms with van der Waals surface area (Å²) in [6.07, 6.45) is 0.572. The Hall–Kier alpha value is -2.94. The van der Waals surface area contributed by atoms with E-state index in [-0.39, 0.29) is 16.3 Å². The molecule has 9 heteroatoms. The molecule has 1 aromatic carbocycles. The molecule has 28 heavy (non-hydrogen) atoms. The lowest BCUT2D eigenvalue weighted by Gasteiger charge is -2.17. The predicted molar refractivity (Wildman–Crippen MR) is 102 cm³/mol. The molecule has 0 unspecified atom stereocenters. The first-order chi connectivity index (χ1) is 13.3. The summed E-state index contributed by atoms with van der Waals surface area (Å²) < 4.78 is 32.1. The van der Waals surface area contributed by atoms with Gasteiger partial charge in [-0.25, -0.2) is 8.42 Å². The van der Waals surface area contributed by atoms with Crippen LogP contribution in [0.25, 0.3) is 11.3 Å². The van der Waals surface area contributed by atoms with Crippen molar-refractivity contribution in [2.45, 2.75) is 30.9 Å². The number of hydrogen-bond acceptors (Lipinski definition) is 6. The molecule has 1 aliphatic rings. The van der Waals surface area contributed by atoms with Crippen molar-refractivity contribution in [1.82, 2.24) is 20.3 Å². The summed E-state index contributed by atoms with van der Waals surface area (Å²) in [5, 5.41) is 11.0. The molecule has 1 amide bonds. The second-order valence-electron chi connectivity index (χ2n) is 6.86. The van der Waals surface area contributed by atoms with E-state index in [1.54, 1.807) is 36.0 Å². The maximum absolute atomic E-state index is 12.7. The van der Waals surface area contributed by atoms with E-state index in [0.29, 0.717) is 29.8 Å². The fourth-order valence-electron chi connectivity index (χ4n) is 3.67. The fourth-order valence-corrected chi connectivity index (χ4v) is 5.26. The lowest BCUT2D eigenvalue weighted by molar-refractivity contribution is 0.0947. The monoisotopic (exact) mass is 400 g/mol. The van der Waals surface area contributed by atoms with Gasteiger partial charge in [0.2, 0.25) is 0 Å². The van der Waals surface area contributed by atoms with Crippen LogP contribution in [0.4, 0.5) is 0 Å². The van der Waals surface area contributed by atoms with Crippen LogP contribution in [0, 0.1) is 13.8 Å². The molecular formula is C19H20N4O4S. The van der Waals surface area contributed by atoms with Gasteiger partial charge in [-0.3, -0.25) is 9.48 Å². The van der Waals surface area contributed by atoms with Crippen molar-refractivity contribution in [2.75, 3.05) is 6.54 Å². The van der Waals surface area contributed by atoms with Gasteiger partial charge in [0.25, 0.3) is 5.91 Å². The van der Waals surface area contributed by atoms with Crippen molar-refractivity contribution >= 4 is 15.7 Å². The van der Waals surface area contributed by atoms with E-state index in [0.717, 1.165) is 17.0 Å². The van der Waals surface area contributed by atoms with Crippen molar-refractivity contribution in [3.63, 3.8) is 0 Å². The number of aryl methyl sites for hydroxylation is 3. The number of carbonyl (C=O) groups is 1. The molecule has 0 aliphatic carbocycles. The van der Waals surface area contributed by atoms with Crippen molar-refractivity contribution in [2.24, 2.45) is 7.05 Å². The lowest BCUT2D eigenvalue weighted by Crippen LogP contribution is -2.28. The van der Waals surface area contributed by atoms with E-state index < -0.39 is 15.7 Å². The third-order valence-corrected chi connectivity index (χ3v) is 6.71. The van der Waals surface area contributed by atoms with Crippen molar-refractivity contribution in [1.29, 1.82) is 0 Å². The first-order valence-corrected chi connectivity index (χ1v) is 10.5. The zero-order chi connectivity index (χ0) is 20.1. The van der Waals surface area contributed by atoms with Gasteiger partial charge >= 0.3 is 0 Å². The summed E-state index contributed by atoms with van der Waals surface area (Å²) >= 11 is 0. The highest BCUT2D eigenvalue weighted by Crippen LogP contribution is 2.38. The number of nitrogens with zero attached hydrogens (tertiary/aromatic N) is 3. The number of hydrogen-bond donors (Lipinski definition) is 1. The topological polar surface area (TPSA) is 107 Å². The van der Waals surface area contributed by atoms with Crippen LogP contribution in [0.3, 0.4) is 0 Å². The highest BCUT2D eigenvalue weighted by molar-refractivity contribution is 7.90. The zero-order valence-electron chi connectivity index (χ0n) is 15.8. The molecule has 0 fully saturated rings. The Morgan fingerprint density at radius 1 is 1.29 bits per heavy atom. The molecule has 0 saturated carbocycles. The standard InChI is InChI=1S/C19H20N4O4S/c1-11-13(12(2)27-22-11)8-9-20-19(24)17-15-10-28(25,26)16-7-5-4-6-14(16)18(15)23(3)21-17/h4-7H,8-10H2,1-3H3,(H,20,24). The quantitative estimate of drug-likeness (QED) is 0.717. The van der Waals surface area contributed by atoms with Crippen LogP contribution in [-0.4, -0.2) is 35.8 Å². The van der Waals surface area contributed by atoms with Crippen molar-refractivity contribution < 1.29 is 17.7 Å². The molecule has 4 rings (SSSR count). The number of rotatable bonds is 4. The molecule has 0 saturated heterocycles. The number of aromatic nitrogens is 3. The van der Waals surface area contributed by atoms with Crippen molar-refractivity contribution in [3.05, 3.63) is 52.5 Å². The van der Waals surface area contributed by atoms with Gasteiger partial charge in [0.1, 0.15) is 5.76 Å². The number of fused-ring (bicyclic) bond motifs is 3. The Labute approximate surface area is 162 Å². The molecule has 1 aliphatic heterocycles. The minimum Gasteiger partial charge on any atom is -0.361 e. The first-order valence-electron chi connectivity index (χ1n) is 8.87. The zero-order valence-corrected chi connectivity index (χ0v) is 16.6. The van der Waals surface area contributed by atoms with Gasteiger partial charge in [-0.1, -0.05) is 23.4 Å². The molecule has 0 radical (unpaired) electrons. The second-order valence-corrected chi connectivity index (χ2v) is 8.82. The Bertz CT molecular complexity index is 1170. The lowest BCUT2D eigenvalue weighted by atomic mass is 10.1. The summed E-state index contributed by atoms with van der Waals surface area (Å²) in [7, 11) is -1.80. The van der Waals surface area contributed by atoms with Gasteiger partial charge in [0, 0.05) is 30.3 Å². The summed E-state index contributed by atoms with van der Waals surface area (Å²) in [5.41, 5.74) is 3.59. The van der Waals surface area contributed by atoms with Gasteiger partial charge in [-0.05, 0) is 26.3 Å². The maximum Gasteiger partial charge on any atom is 0.272 e. The van der Waals surface area contributed by atoms with Gasteiger partial charge in [0.15, 0.2) is 15.5 Å². The van der Waals surface area contributed by atoms with Crippen LogP contribution >= 0.6 is 0 Å².